The molecule has 1 aliphatic rings. The lowest BCUT2D eigenvalue weighted by atomic mass is 9.77. The highest BCUT2D eigenvalue weighted by atomic mass is 31.0. The Labute approximate surface area is 225 Å². The number of furan rings is 1. The lowest BCUT2D eigenvalue weighted by Gasteiger charge is -2.37. The third-order valence-electron chi connectivity index (χ3n) is 7.10. The molecule has 4 unspecified atom stereocenters. The van der Waals surface area contributed by atoms with Crippen LogP contribution in [0.4, 0.5) is 5.69 Å². The molecule has 2 heterocycles. The van der Waals surface area contributed by atoms with Crippen LogP contribution in [0, 0.1) is 19.3 Å². The summed E-state index contributed by atoms with van der Waals surface area (Å²) >= 11 is 0. The van der Waals surface area contributed by atoms with E-state index in [0.29, 0.717) is 6.54 Å². The molecule has 0 bridgehead atoms. The third kappa shape index (κ3) is 5.69. The molecular weight excluding hydrogens is 496 g/mol. The third-order valence-corrected chi connectivity index (χ3v) is 7.92. The summed E-state index contributed by atoms with van der Waals surface area (Å²) in [5.74, 6) is 0.263. The number of amides is 1. The number of carbonyl (C=O) groups is 1. The van der Waals surface area contributed by atoms with Crippen LogP contribution in [0.25, 0.3) is 0 Å². The molecular formula is C30H39N3O2P2. The molecule has 1 amide bonds. The van der Waals surface area contributed by atoms with Gasteiger partial charge in [0.05, 0.1) is 23.6 Å². The highest BCUT2D eigenvalue weighted by molar-refractivity contribution is 7.29. The van der Waals surface area contributed by atoms with E-state index in [1.807, 2.05) is 36.2 Å². The Morgan fingerprint density at radius 2 is 1.89 bits per heavy atom. The summed E-state index contributed by atoms with van der Waals surface area (Å²) in [7, 11) is 5.54. The van der Waals surface area contributed by atoms with E-state index in [9.17, 15) is 4.79 Å². The minimum Gasteiger partial charge on any atom is -0.469 e. The van der Waals surface area contributed by atoms with Crippen LogP contribution in [0.3, 0.4) is 0 Å². The molecule has 2 aromatic carbocycles. The second kappa shape index (κ2) is 10.7. The first-order valence-electron chi connectivity index (χ1n) is 12.8. The zero-order valence-corrected chi connectivity index (χ0v) is 25.1. The largest absolute Gasteiger partial charge is 0.469 e. The summed E-state index contributed by atoms with van der Waals surface area (Å²) in [6.45, 7) is 13.5. The lowest BCUT2D eigenvalue weighted by molar-refractivity contribution is -0.126. The minimum atomic E-state index is -1.04. The fourth-order valence-electron chi connectivity index (χ4n) is 5.13. The smallest absolute Gasteiger partial charge is 0.248 e. The van der Waals surface area contributed by atoms with Gasteiger partial charge in [-0.05, 0) is 79.5 Å². The Morgan fingerprint density at radius 1 is 1.14 bits per heavy atom. The maximum Gasteiger partial charge on any atom is 0.248 e. The van der Waals surface area contributed by atoms with Gasteiger partial charge < -0.3 is 9.73 Å². The van der Waals surface area contributed by atoms with Crippen LogP contribution in [0.2, 0.25) is 0 Å². The van der Waals surface area contributed by atoms with E-state index in [1.165, 1.54) is 5.56 Å². The van der Waals surface area contributed by atoms with Crippen LogP contribution in [0.1, 0.15) is 68.9 Å². The number of anilines is 1. The van der Waals surface area contributed by atoms with E-state index in [1.54, 1.807) is 6.26 Å². The first kappa shape index (κ1) is 27.6. The molecule has 0 fully saturated rings. The van der Waals surface area contributed by atoms with E-state index < -0.39 is 11.5 Å². The molecule has 4 atom stereocenters. The SMILES string of the molecule is Cc1ccc(C2=NN(c3ccc(P)cc3P)C(C)(C(=O)NCCCC(C)(C)C)C2c2ccco2)c(C)c1. The molecule has 3 aromatic rings. The van der Waals surface area contributed by atoms with Crippen LogP contribution in [-0.4, -0.2) is 23.7 Å². The second-order valence-corrected chi connectivity index (χ2v) is 12.7. The van der Waals surface area contributed by atoms with Gasteiger partial charge in [-0.2, -0.15) is 5.10 Å². The van der Waals surface area contributed by atoms with Crippen molar-refractivity contribution >= 4 is 46.4 Å². The lowest BCUT2D eigenvalue weighted by Crippen LogP contribution is -2.57. The van der Waals surface area contributed by atoms with Gasteiger partial charge in [0.15, 0.2) is 5.54 Å². The van der Waals surface area contributed by atoms with Crippen LogP contribution in [-0.2, 0) is 4.79 Å². The van der Waals surface area contributed by atoms with Crippen molar-refractivity contribution < 1.29 is 9.21 Å². The van der Waals surface area contributed by atoms with E-state index in [-0.39, 0.29) is 11.3 Å². The molecule has 1 aromatic heterocycles. The van der Waals surface area contributed by atoms with Gasteiger partial charge in [-0.1, -0.05) is 50.6 Å². The number of hydrogen-bond donors (Lipinski definition) is 1. The van der Waals surface area contributed by atoms with E-state index in [4.69, 9.17) is 9.52 Å². The fraction of sp³-hybridized carbons (Fsp3) is 0.400. The number of benzene rings is 2. The van der Waals surface area contributed by atoms with Gasteiger partial charge in [-0.3, -0.25) is 4.79 Å². The number of hydrazone groups is 1. The van der Waals surface area contributed by atoms with Gasteiger partial charge >= 0.3 is 0 Å². The molecule has 196 valence electrons. The second-order valence-electron chi connectivity index (χ2n) is 11.4. The zero-order valence-electron chi connectivity index (χ0n) is 22.8. The normalized spacial score (nSPS) is 19.7. The predicted molar refractivity (Wildman–Crippen MR) is 162 cm³/mol. The first-order chi connectivity index (χ1) is 17.4. The van der Waals surface area contributed by atoms with Crippen molar-refractivity contribution in [3.05, 3.63) is 77.2 Å². The average Bonchev–Trinajstić information content (AvgIpc) is 3.43. The van der Waals surface area contributed by atoms with Crippen LogP contribution in [0.15, 0.2) is 64.3 Å². The van der Waals surface area contributed by atoms with Crippen molar-refractivity contribution in [1.29, 1.82) is 0 Å². The average molecular weight is 536 g/mol. The summed E-state index contributed by atoms with van der Waals surface area (Å²) < 4.78 is 5.99. The van der Waals surface area contributed by atoms with Crippen LogP contribution < -0.4 is 20.9 Å². The summed E-state index contributed by atoms with van der Waals surface area (Å²) in [6, 6.07) is 16.3. The molecule has 0 aliphatic carbocycles. The van der Waals surface area contributed by atoms with Gasteiger partial charge in [-0.25, -0.2) is 5.01 Å². The number of rotatable bonds is 7. The van der Waals surface area contributed by atoms with Crippen molar-refractivity contribution in [2.45, 2.75) is 65.8 Å². The summed E-state index contributed by atoms with van der Waals surface area (Å²) in [6.07, 6.45) is 3.62. The predicted octanol–water partition coefficient (Wildman–Crippen LogP) is 5.61. The summed E-state index contributed by atoms with van der Waals surface area (Å²) in [5, 5.41) is 12.4. The number of nitrogens with one attached hydrogen (secondary N) is 1. The first-order valence-corrected chi connectivity index (χ1v) is 14.0. The van der Waals surface area contributed by atoms with Crippen LogP contribution in [0.5, 0.6) is 0 Å². The Morgan fingerprint density at radius 3 is 2.51 bits per heavy atom. The number of aryl methyl sites for hydroxylation is 2. The maximum absolute atomic E-state index is 14.2. The van der Waals surface area contributed by atoms with Crippen molar-refractivity contribution in [3.63, 3.8) is 0 Å². The summed E-state index contributed by atoms with van der Waals surface area (Å²) in [5.41, 5.74) is 4.22. The molecule has 37 heavy (non-hydrogen) atoms. The van der Waals surface area contributed by atoms with E-state index >= 15 is 0 Å². The standard InChI is InChI=1S/C30H39N3O2P2/c1-19-10-12-22(20(2)17-19)27-26(24-9-7-16-35-24)30(6,28(34)31-15-8-14-29(3,4)5)33(32-27)23-13-11-21(36)18-25(23)37/h7,9-13,16-18,26H,8,14-15,36-37H2,1-6H3,(H,31,34). The van der Waals surface area contributed by atoms with Crippen molar-refractivity contribution in [2.75, 3.05) is 11.6 Å². The molecule has 7 heteroatoms. The van der Waals surface area contributed by atoms with E-state index in [0.717, 1.165) is 51.7 Å². The molecule has 0 radical (unpaired) electrons. The van der Waals surface area contributed by atoms with Gasteiger partial charge in [0.25, 0.3) is 0 Å². The minimum absolute atomic E-state index is 0.0642. The fourth-order valence-corrected chi connectivity index (χ4v) is 6.01. The molecule has 4 rings (SSSR count). The Kier molecular flexibility index (Phi) is 7.98. The Balaban J connectivity index is 1.84. The molecule has 1 aliphatic heterocycles. The van der Waals surface area contributed by atoms with Crippen LogP contribution >= 0.6 is 18.5 Å². The highest BCUT2D eigenvalue weighted by Crippen LogP contribution is 2.45. The van der Waals surface area contributed by atoms with E-state index in [2.05, 4.69) is 82.7 Å². The van der Waals surface area contributed by atoms with Gasteiger partial charge in [0.2, 0.25) is 5.91 Å². The molecule has 0 saturated carbocycles. The van der Waals surface area contributed by atoms with Crippen molar-refractivity contribution in [3.8, 4) is 0 Å². The molecule has 0 saturated heterocycles. The number of carbonyl (C=O) groups excluding carboxylic acids is 1. The van der Waals surface area contributed by atoms with Gasteiger partial charge in [0, 0.05) is 12.1 Å². The quantitative estimate of drug-likeness (QED) is 0.316. The number of nitrogens with zero attached hydrogens (tertiary/aromatic N) is 2. The Hall–Kier alpha value is -2.48. The molecule has 0 spiro atoms. The molecule has 1 N–H and O–H groups in total. The summed E-state index contributed by atoms with van der Waals surface area (Å²) in [4.78, 5) is 14.2. The van der Waals surface area contributed by atoms with Gasteiger partial charge in [-0.15, -0.1) is 18.5 Å². The number of hydrogen-bond acceptors (Lipinski definition) is 4. The zero-order chi connectivity index (χ0) is 27.0. The maximum atomic E-state index is 14.2. The Bertz CT molecular complexity index is 1310. The highest BCUT2D eigenvalue weighted by Gasteiger charge is 2.56. The monoisotopic (exact) mass is 535 g/mol. The topological polar surface area (TPSA) is 57.8 Å². The van der Waals surface area contributed by atoms with Crippen molar-refractivity contribution in [2.24, 2.45) is 10.5 Å². The van der Waals surface area contributed by atoms with Crippen molar-refractivity contribution in [1.82, 2.24) is 5.32 Å². The molecule has 5 nitrogen and oxygen atoms in total. The van der Waals surface area contributed by atoms with Gasteiger partial charge in [0.1, 0.15) is 5.76 Å².